The molecule has 3 heterocycles. The molecule has 4 aromatic rings. The van der Waals surface area contributed by atoms with Gasteiger partial charge in [0.1, 0.15) is 0 Å². The molecule has 0 bridgehead atoms. The van der Waals surface area contributed by atoms with Gasteiger partial charge in [0.15, 0.2) is 5.72 Å². The smallest absolute Gasteiger partial charge is 0.324 e. The zero-order valence-electron chi connectivity index (χ0n) is 19.8. The van der Waals surface area contributed by atoms with Gasteiger partial charge in [0.2, 0.25) is 5.95 Å². The fourth-order valence-electron chi connectivity index (χ4n) is 5.23. The highest BCUT2D eigenvalue weighted by molar-refractivity contribution is 6.00. The number of imidazole rings is 1. The standard InChI is InChI=1S/C28H27N5O3/c34-25-21-11-5-6-12-22(21)28(36,33(25)18-19-9-3-1-4-10-19)20-13-14-23-24(17-20)30-26(29-23)31-27(35)32-15-7-2-8-16-32/h1,3-6,9-14,17,36H,2,7-8,15-16,18H2,(H2,29,30,31,35). The van der Waals surface area contributed by atoms with Crippen molar-refractivity contribution in [2.24, 2.45) is 0 Å². The van der Waals surface area contributed by atoms with Crippen molar-refractivity contribution in [1.82, 2.24) is 19.8 Å². The van der Waals surface area contributed by atoms with Crippen LogP contribution in [0.4, 0.5) is 10.7 Å². The number of piperidine rings is 1. The first-order chi connectivity index (χ1) is 17.5. The first-order valence-corrected chi connectivity index (χ1v) is 12.3. The Morgan fingerprint density at radius 1 is 1.00 bits per heavy atom. The summed E-state index contributed by atoms with van der Waals surface area (Å²) in [5.74, 6) is 0.127. The highest BCUT2D eigenvalue weighted by atomic mass is 16.3. The molecule has 1 unspecified atom stereocenters. The summed E-state index contributed by atoms with van der Waals surface area (Å²) in [5, 5.41) is 15.0. The number of likely N-dealkylation sites (tertiary alicyclic amines) is 1. The van der Waals surface area contributed by atoms with Gasteiger partial charge in [-0.05, 0) is 43.0 Å². The summed E-state index contributed by atoms with van der Waals surface area (Å²) < 4.78 is 0. The van der Waals surface area contributed by atoms with E-state index in [2.05, 4.69) is 15.3 Å². The van der Waals surface area contributed by atoms with Gasteiger partial charge < -0.3 is 15.0 Å². The summed E-state index contributed by atoms with van der Waals surface area (Å²) in [7, 11) is 0. The SMILES string of the molecule is O=C(Nc1nc2cc(C3(O)c4ccccc4C(=O)N3Cc3ccccc3)ccc2[nH]1)N1CCCCC1. The lowest BCUT2D eigenvalue weighted by atomic mass is 9.93. The molecule has 0 spiro atoms. The fraction of sp³-hybridized carbons (Fsp3) is 0.250. The fourth-order valence-corrected chi connectivity index (χ4v) is 5.23. The van der Waals surface area contributed by atoms with Crippen LogP contribution in [0.3, 0.4) is 0 Å². The van der Waals surface area contributed by atoms with Crippen LogP contribution >= 0.6 is 0 Å². The molecule has 2 aliphatic rings. The number of hydrogen-bond acceptors (Lipinski definition) is 4. The maximum absolute atomic E-state index is 13.4. The van der Waals surface area contributed by atoms with Gasteiger partial charge in [0.05, 0.1) is 11.0 Å². The molecule has 8 heteroatoms. The highest BCUT2D eigenvalue weighted by Gasteiger charge is 2.49. The molecule has 3 N–H and O–H groups in total. The number of aromatic nitrogens is 2. The molecule has 0 saturated carbocycles. The quantitative estimate of drug-likeness (QED) is 0.401. The van der Waals surface area contributed by atoms with Crippen molar-refractivity contribution in [1.29, 1.82) is 0 Å². The Bertz CT molecular complexity index is 1440. The number of nitrogens with zero attached hydrogens (tertiary/aromatic N) is 3. The third kappa shape index (κ3) is 3.70. The number of H-pyrrole nitrogens is 1. The van der Waals surface area contributed by atoms with Crippen LogP contribution in [0, 0.1) is 0 Å². The van der Waals surface area contributed by atoms with E-state index in [-0.39, 0.29) is 18.5 Å². The van der Waals surface area contributed by atoms with Gasteiger partial charge in [-0.25, -0.2) is 9.78 Å². The molecule has 1 saturated heterocycles. The van der Waals surface area contributed by atoms with E-state index in [1.165, 1.54) is 4.90 Å². The highest BCUT2D eigenvalue weighted by Crippen LogP contribution is 2.43. The summed E-state index contributed by atoms with van der Waals surface area (Å²) in [6, 6.07) is 22.0. The Hall–Kier alpha value is -4.17. The van der Waals surface area contributed by atoms with Crippen molar-refractivity contribution >= 4 is 28.9 Å². The van der Waals surface area contributed by atoms with Crippen LogP contribution < -0.4 is 5.32 Å². The minimum absolute atomic E-state index is 0.169. The topological polar surface area (TPSA) is 102 Å². The number of carbonyl (C=O) groups is 2. The number of carbonyl (C=O) groups excluding carboxylic acids is 2. The first-order valence-electron chi connectivity index (χ1n) is 12.3. The molecule has 1 atom stereocenters. The molecule has 3 aromatic carbocycles. The first kappa shape index (κ1) is 22.3. The number of amides is 3. The van der Waals surface area contributed by atoms with Crippen LogP contribution in [0.2, 0.25) is 0 Å². The average molecular weight is 482 g/mol. The molecule has 36 heavy (non-hydrogen) atoms. The lowest BCUT2D eigenvalue weighted by Gasteiger charge is -2.35. The third-order valence-corrected chi connectivity index (χ3v) is 7.11. The van der Waals surface area contributed by atoms with Crippen LogP contribution in [0.15, 0.2) is 72.8 Å². The van der Waals surface area contributed by atoms with E-state index in [9.17, 15) is 14.7 Å². The van der Waals surface area contributed by atoms with Gasteiger partial charge in [0, 0.05) is 36.3 Å². The van der Waals surface area contributed by atoms with Crippen molar-refractivity contribution < 1.29 is 14.7 Å². The Kier molecular flexibility index (Phi) is 5.45. The minimum Gasteiger partial charge on any atom is -0.363 e. The number of aliphatic hydroxyl groups is 1. The molecule has 8 nitrogen and oxygen atoms in total. The van der Waals surface area contributed by atoms with E-state index in [4.69, 9.17) is 0 Å². The van der Waals surface area contributed by atoms with Crippen molar-refractivity contribution in [3.63, 3.8) is 0 Å². The average Bonchev–Trinajstić information content (AvgIpc) is 3.42. The zero-order chi connectivity index (χ0) is 24.7. The number of hydrogen-bond donors (Lipinski definition) is 3. The molecule has 1 aromatic heterocycles. The Balaban J connectivity index is 1.36. The normalized spacial score (nSPS) is 19.5. The summed E-state index contributed by atoms with van der Waals surface area (Å²) in [4.78, 5) is 37.1. The molecular weight excluding hydrogens is 454 g/mol. The monoisotopic (exact) mass is 481 g/mol. The predicted molar refractivity (Wildman–Crippen MR) is 136 cm³/mol. The Labute approximate surface area is 208 Å². The van der Waals surface area contributed by atoms with Crippen molar-refractivity contribution in [2.75, 3.05) is 18.4 Å². The molecule has 0 aliphatic carbocycles. The van der Waals surface area contributed by atoms with Crippen LogP contribution in [-0.2, 0) is 12.3 Å². The lowest BCUT2D eigenvalue weighted by molar-refractivity contribution is -0.0542. The summed E-state index contributed by atoms with van der Waals surface area (Å²) in [6.45, 7) is 1.74. The van der Waals surface area contributed by atoms with E-state index in [1.807, 2.05) is 42.5 Å². The second-order valence-corrected chi connectivity index (χ2v) is 9.39. The van der Waals surface area contributed by atoms with E-state index in [0.29, 0.717) is 28.2 Å². The molecule has 1 fully saturated rings. The maximum atomic E-state index is 13.4. The molecule has 3 amide bonds. The van der Waals surface area contributed by atoms with Crippen molar-refractivity contribution in [3.05, 3.63) is 95.1 Å². The minimum atomic E-state index is -1.66. The molecule has 2 aliphatic heterocycles. The van der Waals surface area contributed by atoms with Gasteiger partial charge in [-0.15, -0.1) is 0 Å². The van der Waals surface area contributed by atoms with Crippen molar-refractivity contribution in [2.45, 2.75) is 31.5 Å². The second-order valence-electron chi connectivity index (χ2n) is 9.39. The molecule has 0 radical (unpaired) electrons. The van der Waals surface area contributed by atoms with Crippen LogP contribution in [0.1, 0.15) is 46.3 Å². The van der Waals surface area contributed by atoms with Gasteiger partial charge >= 0.3 is 6.03 Å². The van der Waals surface area contributed by atoms with Gasteiger partial charge in [-0.1, -0.05) is 54.6 Å². The second kappa shape index (κ2) is 8.80. The van der Waals surface area contributed by atoms with E-state index < -0.39 is 5.72 Å². The van der Waals surface area contributed by atoms with E-state index >= 15 is 0 Å². The Morgan fingerprint density at radius 3 is 2.56 bits per heavy atom. The van der Waals surface area contributed by atoms with E-state index in [0.717, 1.165) is 43.4 Å². The number of anilines is 1. The number of urea groups is 1. The number of benzene rings is 3. The Morgan fingerprint density at radius 2 is 1.75 bits per heavy atom. The molecule has 182 valence electrons. The largest absolute Gasteiger partial charge is 0.363 e. The van der Waals surface area contributed by atoms with Crippen LogP contribution in [0.5, 0.6) is 0 Å². The molecule has 6 rings (SSSR count). The maximum Gasteiger partial charge on any atom is 0.324 e. The summed E-state index contributed by atoms with van der Waals surface area (Å²) in [5.41, 5.74) is 2.13. The molecular formula is C28H27N5O3. The predicted octanol–water partition coefficient (Wildman–Crippen LogP) is 4.43. The van der Waals surface area contributed by atoms with Gasteiger partial charge in [-0.2, -0.15) is 0 Å². The number of aromatic amines is 1. The summed E-state index contributed by atoms with van der Waals surface area (Å²) >= 11 is 0. The number of nitrogens with one attached hydrogen (secondary N) is 2. The summed E-state index contributed by atoms with van der Waals surface area (Å²) in [6.07, 6.45) is 3.16. The van der Waals surface area contributed by atoms with Crippen LogP contribution in [0.25, 0.3) is 11.0 Å². The van der Waals surface area contributed by atoms with Gasteiger partial charge in [-0.3, -0.25) is 15.0 Å². The van der Waals surface area contributed by atoms with Crippen LogP contribution in [-0.4, -0.2) is 49.9 Å². The third-order valence-electron chi connectivity index (χ3n) is 7.11. The number of fused-ring (bicyclic) bond motifs is 2. The van der Waals surface area contributed by atoms with E-state index in [1.54, 1.807) is 35.2 Å². The van der Waals surface area contributed by atoms with Gasteiger partial charge in [0.25, 0.3) is 5.91 Å². The van der Waals surface area contributed by atoms with Crippen molar-refractivity contribution in [3.8, 4) is 0 Å². The lowest BCUT2D eigenvalue weighted by Crippen LogP contribution is -2.44. The number of rotatable bonds is 4. The zero-order valence-corrected chi connectivity index (χ0v) is 19.8.